The SMILES string of the molecule is CCOc1cccc2sc(N(Cc3ccccc3)C(=O)Cc3ccc(F)cc3)nc12. The predicted molar refractivity (Wildman–Crippen MR) is 119 cm³/mol. The number of aromatic nitrogens is 1. The van der Waals surface area contributed by atoms with Crippen LogP contribution in [0.4, 0.5) is 9.52 Å². The number of thiazole rings is 1. The van der Waals surface area contributed by atoms with Crippen molar-refractivity contribution in [3.05, 3.63) is 89.7 Å². The molecule has 152 valence electrons. The van der Waals surface area contributed by atoms with Gasteiger partial charge in [0.05, 0.1) is 24.3 Å². The molecule has 0 unspecified atom stereocenters. The molecule has 3 aromatic carbocycles. The van der Waals surface area contributed by atoms with Crippen LogP contribution in [0, 0.1) is 5.82 Å². The molecule has 1 amide bonds. The van der Waals surface area contributed by atoms with Gasteiger partial charge >= 0.3 is 0 Å². The molecule has 6 heteroatoms. The zero-order valence-electron chi connectivity index (χ0n) is 16.5. The fraction of sp³-hybridized carbons (Fsp3) is 0.167. The molecular formula is C24H21FN2O2S. The zero-order valence-corrected chi connectivity index (χ0v) is 17.4. The van der Waals surface area contributed by atoms with Gasteiger partial charge in [-0.1, -0.05) is 59.9 Å². The van der Waals surface area contributed by atoms with Gasteiger partial charge in [-0.15, -0.1) is 0 Å². The number of fused-ring (bicyclic) bond motifs is 1. The van der Waals surface area contributed by atoms with Crippen molar-refractivity contribution in [3.63, 3.8) is 0 Å². The van der Waals surface area contributed by atoms with Crippen LogP contribution in [0.25, 0.3) is 10.2 Å². The van der Waals surface area contributed by atoms with Crippen LogP contribution in [-0.2, 0) is 17.8 Å². The van der Waals surface area contributed by atoms with Gasteiger partial charge in [0.15, 0.2) is 5.13 Å². The van der Waals surface area contributed by atoms with E-state index in [2.05, 4.69) is 0 Å². The van der Waals surface area contributed by atoms with Crippen molar-refractivity contribution in [2.75, 3.05) is 11.5 Å². The minimum atomic E-state index is -0.318. The largest absolute Gasteiger partial charge is 0.492 e. The molecule has 0 radical (unpaired) electrons. The van der Waals surface area contributed by atoms with Crippen molar-refractivity contribution in [2.24, 2.45) is 0 Å². The first kappa shape index (κ1) is 20.0. The maximum atomic E-state index is 13.3. The van der Waals surface area contributed by atoms with E-state index in [1.807, 2.05) is 55.5 Å². The summed E-state index contributed by atoms with van der Waals surface area (Å²) in [7, 11) is 0. The first-order chi connectivity index (χ1) is 14.6. The Labute approximate surface area is 178 Å². The number of hydrogen-bond acceptors (Lipinski definition) is 4. The lowest BCUT2D eigenvalue weighted by atomic mass is 10.1. The Morgan fingerprint density at radius 3 is 2.50 bits per heavy atom. The number of amides is 1. The number of carbonyl (C=O) groups excluding carboxylic acids is 1. The number of carbonyl (C=O) groups is 1. The molecule has 0 saturated carbocycles. The third-order valence-electron chi connectivity index (χ3n) is 4.65. The van der Waals surface area contributed by atoms with Gasteiger partial charge in [0.25, 0.3) is 0 Å². The van der Waals surface area contributed by atoms with E-state index in [-0.39, 0.29) is 18.1 Å². The highest BCUT2D eigenvalue weighted by atomic mass is 32.1. The van der Waals surface area contributed by atoms with Crippen molar-refractivity contribution in [1.82, 2.24) is 4.98 Å². The van der Waals surface area contributed by atoms with Gasteiger partial charge in [0.1, 0.15) is 17.1 Å². The zero-order chi connectivity index (χ0) is 20.9. The smallest absolute Gasteiger partial charge is 0.233 e. The number of para-hydroxylation sites is 1. The van der Waals surface area contributed by atoms with Crippen LogP contribution in [0.5, 0.6) is 5.75 Å². The quantitative estimate of drug-likeness (QED) is 0.390. The van der Waals surface area contributed by atoms with Crippen LogP contribution >= 0.6 is 11.3 Å². The Kier molecular flexibility index (Phi) is 6.05. The summed E-state index contributed by atoms with van der Waals surface area (Å²) in [6.07, 6.45) is 0.168. The molecule has 0 N–H and O–H groups in total. The van der Waals surface area contributed by atoms with Gasteiger partial charge in [0, 0.05) is 0 Å². The van der Waals surface area contributed by atoms with Gasteiger partial charge < -0.3 is 4.74 Å². The molecule has 4 nitrogen and oxygen atoms in total. The molecular weight excluding hydrogens is 399 g/mol. The molecule has 0 fully saturated rings. The van der Waals surface area contributed by atoms with Gasteiger partial charge in [0.2, 0.25) is 5.91 Å². The topological polar surface area (TPSA) is 42.4 Å². The first-order valence-electron chi connectivity index (χ1n) is 9.75. The molecule has 0 atom stereocenters. The number of nitrogens with zero attached hydrogens (tertiary/aromatic N) is 2. The van der Waals surface area contributed by atoms with Crippen LogP contribution < -0.4 is 9.64 Å². The highest BCUT2D eigenvalue weighted by Crippen LogP contribution is 2.35. The van der Waals surface area contributed by atoms with Crippen molar-refractivity contribution < 1.29 is 13.9 Å². The lowest BCUT2D eigenvalue weighted by molar-refractivity contribution is -0.118. The summed E-state index contributed by atoms with van der Waals surface area (Å²) in [4.78, 5) is 19.7. The Bertz CT molecular complexity index is 1140. The second-order valence-electron chi connectivity index (χ2n) is 6.80. The number of hydrogen-bond donors (Lipinski definition) is 0. The fourth-order valence-corrected chi connectivity index (χ4v) is 4.20. The lowest BCUT2D eigenvalue weighted by Crippen LogP contribution is -2.31. The van der Waals surface area contributed by atoms with E-state index < -0.39 is 0 Å². The molecule has 0 aliphatic carbocycles. The maximum absolute atomic E-state index is 13.3. The summed E-state index contributed by atoms with van der Waals surface area (Å²) in [5.41, 5.74) is 2.52. The molecule has 0 saturated heterocycles. The molecule has 0 spiro atoms. The molecule has 0 aliphatic heterocycles. The third kappa shape index (κ3) is 4.49. The van der Waals surface area contributed by atoms with Crippen LogP contribution in [-0.4, -0.2) is 17.5 Å². The maximum Gasteiger partial charge on any atom is 0.233 e. The average Bonchev–Trinajstić information content (AvgIpc) is 3.19. The number of anilines is 1. The Hall–Kier alpha value is -3.25. The summed E-state index contributed by atoms with van der Waals surface area (Å²) >= 11 is 1.46. The van der Waals surface area contributed by atoms with Crippen molar-refractivity contribution in [3.8, 4) is 5.75 Å². The normalized spacial score (nSPS) is 10.9. The molecule has 1 aromatic heterocycles. The van der Waals surface area contributed by atoms with Crippen molar-refractivity contribution in [1.29, 1.82) is 0 Å². The molecule has 1 heterocycles. The van der Waals surface area contributed by atoms with Crippen LogP contribution in [0.15, 0.2) is 72.8 Å². The number of ether oxygens (including phenoxy) is 1. The van der Waals surface area contributed by atoms with E-state index in [0.717, 1.165) is 21.3 Å². The minimum absolute atomic E-state index is 0.0949. The second-order valence-corrected chi connectivity index (χ2v) is 7.81. The highest BCUT2D eigenvalue weighted by Gasteiger charge is 2.21. The lowest BCUT2D eigenvalue weighted by Gasteiger charge is -2.20. The Balaban J connectivity index is 1.69. The average molecular weight is 421 g/mol. The van der Waals surface area contributed by atoms with Gasteiger partial charge in [-0.3, -0.25) is 9.69 Å². The first-order valence-corrected chi connectivity index (χ1v) is 10.6. The van der Waals surface area contributed by atoms with Gasteiger partial charge in [-0.2, -0.15) is 0 Å². The molecule has 30 heavy (non-hydrogen) atoms. The van der Waals surface area contributed by atoms with Crippen molar-refractivity contribution in [2.45, 2.75) is 19.9 Å². The second kappa shape index (κ2) is 9.05. The van der Waals surface area contributed by atoms with E-state index in [0.29, 0.717) is 24.0 Å². The van der Waals surface area contributed by atoms with Crippen molar-refractivity contribution >= 4 is 32.6 Å². The van der Waals surface area contributed by atoms with Crippen LogP contribution in [0.3, 0.4) is 0 Å². The van der Waals surface area contributed by atoms with Gasteiger partial charge in [-0.25, -0.2) is 9.37 Å². The summed E-state index contributed by atoms with van der Waals surface area (Å²) in [5, 5.41) is 0.619. The summed E-state index contributed by atoms with van der Waals surface area (Å²) in [5.74, 6) is 0.299. The molecule has 0 aliphatic rings. The number of rotatable bonds is 7. The standard InChI is InChI=1S/C24H21FN2O2S/c1-2-29-20-9-6-10-21-23(20)26-24(30-21)27(16-18-7-4-3-5-8-18)22(28)15-17-11-13-19(25)14-12-17/h3-14H,2,15-16H2,1H3. The summed E-state index contributed by atoms with van der Waals surface area (Å²) in [6, 6.07) is 21.6. The highest BCUT2D eigenvalue weighted by molar-refractivity contribution is 7.22. The molecule has 4 aromatic rings. The van der Waals surface area contributed by atoms with E-state index in [1.54, 1.807) is 17.0 Å². The summed E-state index contributed by atoms with van der Waals surface area (Å²) < 4.78 is 19.9. The fourth-order valence-electron chi connectivity index (χ4n) is 3.20. The van der Waals surface area contributed by atoms with E-state index in [1.165, 1.54) is 23.5 Å². The van der Waals surface area contributed by atoms with E-state index >= 15 is 0 Å². The summed E-state index contributed by atoms with van der Waals surface area (Å²) in [6.45, 7) is 2.88. The van der Waals surface area contributed by atoms with Crippen LogP contribution in [0.1, 0.15) is 18.1 Å². The Morgan fingerprint density at radius 1 is 1.00 bits per heavy atom. The number of benzene rings is 3. The molecule has 4 rings (SSSR count). The number of halogens is 1. The van der Waals surface area contributed by atoms with E-state index in [4.69, 9.17) is 9.72 Å². The Morgan fingerprint density at radius 2 is 1.77 bits per heavy atom. The predicted octanol–water partition coefficient (Wildman–Crippen LogP) is 5.61. The van der Waals surface area contributed by atoms with Crippen LogP contribution in [0.2, 0.25) is 0 Å². The van der Waals surface area contributed by atoms with E-state index in [9.17, 15) is 9.18 Å². The minimum Gasteiger partial charge on any atom is -0.492 e. The third-order valence-corrected chi connectivity index (χ3v) is 5.70. The van der Waals surface area contributed by atoms with Gasteiger partial charge in [-0.05, 0) is 42.3 Å². The molecule has 0 bridgehead atoms. The monoisotopic (exact) mass is 420 g/mol.